The fourth-order valence-corrected chi connectivity index (χ4v) is 0.993. The van der Waals surface area contributed by atoms with Crippen LogP contribution in [0.2, 0.25) is 0 Å². The van der Waals surface area contributed by atoms with Crippen molar-refractivity contribution >= 4 is 0 Å². The Morgan fingerprint density at radius 3 is 0.920 bits per heavy atom. The summed E-state index contributed by atoms with van der Waals surface area (Å²) in [6.07, 6.45) is -18.5. The van der Waals surface area contributed by atoms with E-state index in [0.29, 0.717) is 0 Å². The Balaban J connectivity index is 6.07. The molecule has 0 aromatic carbocycles. The van der Waals surface area contributed by atoms with Gasteiger partial charge >= 0.3 is 42.0 Å². The molecule has 0 N–H and O–H groups in total. The van der Waals surface area contributed by atoms with Crippen LogP contribution in [0, 0.1) is 0 Å². The Bertz CT molecular complexity index is 503. The lowest BCUT2D eigenvalue weighted by atomic mass is 9.97. The number of hydrogen-bond donors (Lipinski definition) is 0. The van der Waals surface area contributed by atoms with Crippen LogP contribution < -0.4 is 0 Å². The molecule has 0 heterocycles. The summed E-state index contributed by atoms with van der Waals surface area (Å²) in [6.45, 7) is 0. The topological polar surface area (TPSA) is 0 Å². The van der Waals surface area contributed by atoms with Gasteiger partial charge in [0.05, 0.1) is 0 Å². The molecule has 0 amide bonds. The van der Waals surface area contributed by atoms with Gasteiger partial charge in [0.2, 0.25) is 0 Å². The molecule has 25 heavy (non-hydrogen) atoms. The summed E-state index contributed by atoms with van der Waals surface area (Å²) in [5.74, 6) is -36.6. The van der Waals surface area contributed by atoms with E-state index in [9.17, 15) is 70.2 Å². The fourth-order valence-electron chi connectivity index (χ4n) is 0.993. The number of alkyl halides is 16. The summed E-state index contributed by atoms with van der Waals surface area (Å²) >= 11 is 0. The van der Waals surface area contributed by atoms with Crippen LogP contribution in [-0.2, 0) is 0 Å². The third-order valence-electron chi connectivity index (χ3n) is 2.44. The predicted octanol–water partition coefficient (Wildman–Crippen LogP) is 5.84. The average molecular weight is 414 g/mol. The van der Waals surface area contributed by atoms with Gasteiger partial charge in [-0.3, -0.25) is 0 Å². The zero-order chi connectivity index (χ0) is 20.9. The molecule has 0 aromatic rings. The van der Waals surface area contributed by atoms with Gasteiger partial charge in [0.1, 0.15) is 0 Å². The maximum atomic E-state index is 12.8. The van der Waals surface area contributed by atoms with Crippen molar-refractivity contribution in [3.63, 3.8) is 0 Å². The number of hydrogen-bond acceptors (Lipinski definition) is 0. The zero-order valence-corrected chi connectivity index (χ0v) is 10.7. The summed E-state index contributed by atoms with van der Waals surface area (Å²) in [5, 5.41) is 0. The second-order valence-corrected chi connectivity index (χ2v) is 4.30. The Morgan fingerprint density at radius 1 is 0.320 bits per heavy atom. The van der Waals surface area contributed by atoms with Crippen molar-refractivity contribution in [1.29, 1.82) is 0 Å². The van der Waals surface area contributed by atoms with Crippen LogP contribution in [0.3, 0.4) is 0 Å². The van der Waals surface area contributed by atoms with Crippen LogP contribution >= 0.6 is 0 Å². The first-order valence-electron chi connectivity index (χ1n) is 5.18. The highest BCUT2D eigenvalue weighted by molar-refractivity contribution is 5.15. The van der Waals surface area contributed by atoms with Gasteiger partial charge in [-0.1, -0.05) is 0 Å². The highest BCUT2D eigenvalue weighted by Gasteiger charge is 2.86. The second kappa shape index (κ2) is 5.82. The molecular formula is C9H2F16. The van der Waals surface area contributed by atoms with Crippen molar-refractivity contribution in [3.05, 3.63) is 12.2 Å². The normalized spacial score (nSPS) is 16.6. The van der Waals surface area contributed by atoms with Crippen molar-refractivity contribution < 1.29 is 70.2 Å². The molecule has 0 rings (SSSR count). The highest BCUT2D eigenvalue weighted by atomic mass is 19.4. The summed E-state index contributed by atoms with van der Waals surface area (Å²) in [5.41, 5.74) is 0. The lowest BCUT2D eigenvalue weighted by Crippen LogP contribution is -2.66. The van der Waals surface area contributed by atoms with Crippen molar-refractivity contribution in [2.24, 2.45) is 0 Å². The number of rotatable bonds is 5. The minimum absolute atomic E-state index is 2.08. The third kappa shape index (κ3) is 3.75. The lowest BCUT2D eigenvalue weighted by molar-refractivity contribution is -0.417. The summed E-state index contributed by atoms with van der Waals surface area (Å²) < 4.78 is 196. The summed E-state index contributed by atoms with van der Waals surface area (Å²) in [6, 6.07) is 0. The van der Waals surface area contributed by atoms with E-state index in [4.69, 9.17) is 0 Å². The largest absolute Gasteiger partial charge is 0.460 e. The average Bonchev–Trinajstić information content (AvgIpc) is 2.33. The molecule has 0 aromatic heterocycles. The quantitative estimate of drug-likeness (QED) is 0.392. The van der Waals surface area contributed by atoms with Crippen molar-refractivity contribution in [3.8, 4) is 0 Å². The Hall–Kier alpha value is -1.38. The minimum atomic E-state index is -7.90. The second-order valence-electron chi connectivity index (χ2n) is 4.30. The van der Waals surface area contributed by atoms with E-state index >= 15 is 0 Å². The van der Waals surface area contributed by atoms with E-state index in [1.807, 2.05) is 0 Å². The molecule has 0 aliphatic heterocycles. The molecule has 0 unspecified atom stereocenters. The van der Waals surface area contributed by atoms with Gasteiger partial charge in [0.15, 0.2) is 0 Å². The van der Waals surface area contributed by atoms with E-state index in [0.717, 1.165) is 0 Å². The first-order chi connectivity index (χ1) is 10.5. The van der Waals surface area contributed by atoms with E-state index in [1.165, 1.54) is 0 Å². The van der Waals surface area contributed by atoms with E-state index < -0.39 is 54.1 Å². The SMILES string of the molecule is FC(F)(F)C(F)(F)/C=C/C(F)(F)C(F)(F)C(F)(F)C(F)(F)C(F)(F)F. The molecule has 0 atom stereocenters. The molecule has 0 bridgehead atoms. The van der Waals surface area contributed by atoms with Crippen LogP contribution in [0.1, 0.15) is 0 Å². The molecule has 0 saturated heterocycles. The molecule has 0 aliphatic rings. The molecular weight excluding hydrogens is 412 g/mol. The van der Waals surface area contributed by atoms with Crippen LogP contribution in [-0.4, -0.2) is 42.0 Å². The maximum Gasteiger partial charge on any atom is 0.460 e. The van der Waals surface area contributed by atoms with Crippen LogP contribution in [0.4, 0.5) is 70.2 Å². The monoisotopic (exact) mass is 414 g/mol. The van der Waals surface area contributed by atoms with Crippen LogP contribution in [0.5, 0.6) is 0 Å². The van der Waals surface area contributed by atoms with Crippen LogP contribution in [0.15, 0.2) is 12.2 Å². The summed E-state index contributed by atoms with van der Waals surface area (Å²) in [4.78, 5) is 0. The Morgan fingerprint density at radius 2 is 0.640 bits per heavy atom. The fraction of sp³-hybridized carbons (Fsp3) is 0.778. The van der Waals surface area contributed by atoms with Gasteiger partial charge in [0, 0.05) is 0 Å². The first-order valence-corrected chi connectivity index (χ1v) is 5.18. The predicted molar refractivity (Wildman–Crippen MR) is 46.0 cm³/mol. The van der Waals surface area contributed by atoms with Crippen molar-refractivity contribution in [1.82, 2.24) is 0 Å². The summed E-state index contributed by atoms with van der Waals surface area (Å²) in [7, 11) is 0. The molecule has 0 aliphatic carbocycles. The van der Waals surface area contributed by atoms with E-state index in [1.54, 1.807) is 0 Å². The molecule has 0 fully saturated rings. The number of halogens is 16. The molecule has 0 saturated carbocycles. The van der Waals surface area contributed by atoms with E-state index in [2.05, 4.69) is 0 Å². The number of allylic oxidation sites excluding steroid dienone is 2. The highest BCUT2D eigenvalue weighted by Crippen LogP contribution is 2.57. The van der Waals surface area contributed by atoms with Gasteiger partial charge in [-0.25, -0.2) is 0 Å². The molecule has 0 nitrogen and oxygen atoms in total. The molecule has 16 heteroatoms. The van der Waals surface area contributed by atoms with Crippen molar-refractivity contribution in [2.75, 3.05) is 0 Å². The van der Waals surface area contributed by atoms with Crippen LogP contribution in [0.25, 0.3) is 0 Å². The van der Waals surface area contributed by atoms with Crippen molar-refractivity contribution in [2.45, 2.75) is 42.0 Å². The van der Waals surface area contributed by atoms with Gasteiger partial charge < -0.3 is 0 Å². The molecule has 150 valence electrons. The van der Waals surface area contributed by atoms with Gasteiger partial charge in [0.25, 0.3) is 0 Å². The molecule has 0 radical (unpaired) electrons. The first kappa shape index (κ1) is 23.6. The van der Waals surface area contributed by atoms with E-state index in [-0.39, 0.29) is 0 Å². The smallest absolute Gasteiger partial charge is 0.195 e. The zero-order valence-electron chi connectivity index (χ0n) is 10.7. The maximum absolute atomic E-state index is 12.8. The van der Waals surface area contributed by atoms with Gasteiger partial charge in [-0.05, 0) is 12.2 Å². The Kier molecular flexibility index (Phi) is 5.50. The molecule has 0 spiro atoms. The standard InChI is InChI=1S/C9H2F16/c10-3(11,1-2-4(12,13)8(20,21)22)5(14,15)6(16,17)7(18,19)9(23,24)25/h1-2H/b2-1+. The minimum Gasteiger partial charge on any atom is -0.195 e. The van der Waals surface area contributed by atoms with Gasteiger partial charge in [-0.15, -0.1) is 0 Å². The van der Waals surface area contributed by atoms with Gasteiger partial charge in [-0.2, -0.15) is 70.2 Å². The third-order valence-corrected chi connectivity index (χ3v) is 2.44. The Labute approximate surface area is 126 Å². The lowest BCUT2D eigenvalue weighted by Gasteiger charge is -2.36.